The van der Waals surface area contributed by atoms with E-state index >= 15 is 0 Å². The first kappa shape index (κ1) is 10.6. The van der Waals surface area contributed by atoms with E-state index in [1.54, 1.807) is 6.08 Å². The minimum Gasteiger partial charge on any atom is -0.480 e. The summed E-state index contributed by atoms with van der Waals surface area (Å²) in [6.45, 7) is -0.175. The minimum absolute atomic E-state index is 0.175. The highest BCUT2D eigenvalue weighted by Crippen LogP contribution is 2.08. The molecule has 2 atom stereocenters. The van der Waals surface area contributed by atoms with E-state index in [-0.39, 0.29) is 6.54 Å². The number of nitrogens with zero attached hydrogens (tertiary/aromatic N) is 1. The van der Waals surface area contributed by atoms with E-state index in [1.807, 2.05) is 0 Å². The van der Waals surface area contributed by atoms with Gasteiger partial charge < -0.3 is 5.11 Å². The second-order valence-electron chi connectivity index (χ2n) is 2.23. The molecule has 1 aliphatic heterocycles. The average molecular weight is 267 g/mol. The molecule has 1 rings (SSSR count). The molecule has 5 nitrogen and oxygen atoms in total. The van der Waals surface area contributed by atoms with Crippen molar-refractivity contribution < 1.29 is 14.1 Å². The predicted molar refractivity (Wildman–Crippen MR) is 53.1 cm³/mol. The van der Waals surface area contributed by atoms with Crippen molar-refractivity contribution in [1.82, 2.24) is 5.32 Å². The van der Waals surface area contributed by atoms with Gasteiger partial charge in [-0.3, -0.25) is 10.1 Å². The Morgan fingerprint density at radius 3 is 3.08 bits per heavy atom. The van der Waals surface area contributed by atoms with E-state index in [0.717, 1.165) is 0 Å². The summed E-state index contributed by atoms with van der Waals surface area (Å²) in [6.07, 6.45) is 1.15. The lowest BCUT2D eigenvalue weighted by atomic mass is 10.4. The second-order valence-corrected chi connectivity index (χ2v) is 4.76. The monoisotopic (exact) mass is 266 g/mol. The van der Waals surface area contributed by atoms with Crippen LogP contribution in [-0.2, 0) is 15.6 Å². The normalized spacial score (nSPS) is 27.0. The van der Waals surface area contributed by atoms with E-state index in [9.17, 15) is 9.00 Å². The third-order valence-corrected chi connectivity index (χ3v) is 3.26. The van der Waals surface area contributed by atoms with Gasteiger partial charge in [0.1, 0.15) is 17.0 Å². The van der Waals surface area contributed by atoms with Gasteiger partial charge in [0, 0.05) is 5.41 Å². The number of carboxylic acid groups (broad SMARTS) is 1. The molecule has 72 valence electrons. The quantitative estimate of drug-likeness (QED) is 0.755. The molecule has 1 aliphatic rings. The van der Waals surface area contributed by atoms with Gasteiger partial charge in [-0.25, -0.2) is 9.20 Å². The summed E-state index contributed by atoms with van der Waals surface area (Å²) in [5.41, 5.74) is 0. The third kappa shape index (κ3) is 3.37. The summed E-state index contributed by atoms with van der Waals surface area (Å²) < 4.78 is 11.3. The summed E-state index contributed by atoms with van der Waals surface area (Å²) in [6, 6.07) is 0. The summed E-state index contributed by atoms with van der Waals surface area (Å²) in [5, 5.41) is 12.4. The van der Waals surface area contributed by atoms with Crippen LogP contribution in [0.5, 0.6) is 0 Å². The van der Waals surface area contributed by atoms with Crippen LogP contribution in [-0.4, -0.2) is 31.9 Å². The number of hydrogen-bond donors (Lipinski definition) is 2. The fourth-order valence-electron chi connectivity index (χ4n) is 0.712. The molecule has 0 spiro atoms. The van der Waals surface area contributed by atoms with Crippen LogP contribution < -0.4 is 5.32 Å². The smallest absolute Gasteiger partial charge is 0.317 e. The zero-order valence-corrected chi connectivity index (χ0v) is 8.84. The number of nitrogens with one attached hydrogen (secondary N) is 1. The predicted octanol–water partition coefficient (Wildman–Crippen LogP) is 0.0136. The Labute approximate surface area is 85.5 Å². The Morgan fingerprint density at radius 2 is 2.54 bits per heavy atom. The van der Waals surface area contributed by atoms with E-state index in [1.165, 1.54) is 5.41 Å². The Bertz CT molecular complexity index is 302. The highest BCUT2D eigenvalue weighted by atomic mass is 79.9. The van der Waals surface area contributed by atoms with Gasteiger partial charge in [-0.2, -0.15) is 0 Å². The Hall–Kier alpha value is -0.530. The van der Waals surface area contributed by atoms with Crippen molar-refractivity contribution in [2.75, 3.05) is 6.54 Å². The molecule has 2 N–H and O–H groups in total. The van der Waals surface area contributed by atoms with Gasteiger partial charge in [-0.1, -0.05) is 0 Å². The molecule has 0 aromatic heterocycles. The Morgan fingerprint density at radius 1 is 1.85 bits per heavy atom. The van der Waals surface area contributed by atoms with Crippen molar-refractivity contribution in [3.8, 4) is 0 Å². The van der Waals surface area contributed by atoms with E-state index in [2.05, 4.69) is 26.2 Å². The van der Waals surface area contributed by atoms with Gasteiger partial charge in [0.25, 0.3) is 0 Å². The number of aliphatic carboxylic acids is 1. The molecule has 0 radical (unpaired) electrons. The molecule has 1 heterocycles. The lowest BCUT2D eigenvalue weighted by molar-refractivity contribution is -0.136. The average Bonchev–Trinajstić information content (AvgIpc) is 2.07. The topological polar surface area (TPSA) is 78.8 Å². The van der Waals surface area contributed by atoms with Crippen molar-refractivity contribution in [1.29, 1.82) is 0 Å². The lowest BCUT2D eigenvalue weighted by Gasteiger charge is -2.12. The molecule has 2 unspecified atom stereocenters. The SMILES string of the molecule is O=C(O)CNC1C=CS(=O)C(Br)=N1. The van der Waals surface area contributed by atoms with Crippen molar-refractivity contribution in [2.45, 2.75) is 6.17 Å². The standard InChI is InChI=1S/C6H7BrN2O3S/c7-6-9-4(1-2-13(6)12)8-3-5(10)11/h1-2,4,8H,3H2,(H,10,11). The fraction of sp³-hybridized carbons (Fsp3) is 0.333. The number of halogens is 1. The maximum atomic E-state index is 11.0. The van der Waals surface area contributed by atoms with Crippen molar-refractivity contribution in [3.05, 3.63) is 11.5 Å². The number of rotatable bonds is 3. The molecule has 0 saturated heterocycles. The van der Waals surface area contributed by atoms with Crippen LogP contribution in [0.15, 0.2) is 16.5 Å². The Kier molecular flexibility index (Phi) is 3.76. The van der Waals surface area contributed by atoms with Crippen LogP contribution in [0.4, 0.5) is 0 Å². The molecule has 13 heavy (non-hydrogen) atoms. The summed E-state index contributed by atoms with van der Waals surface area (Å²) in [7, 11) is -1.22. The van der Waals surface area contributed by atoms with E-state index in [0.29, 0.717) is 3.95 Å². The van der Waals surface area contributed by atoms with Crippen molar-refractivity contribution in [3.63, 3.8) is 0 Å². The molecular weight excluding hydrogens is 260 g/mol. The van der Waals surface area contributed by atoms with E-state index < -0.39 is 22.9 Å². The summed E-state index contributed by atoms with van der Waals surface area (Å²) in [4.78, 5) is 14.1. The van der Waals surface area contributed by atoms with Gasteiger partial charge in [-0.05, 0) is 22.0 Å². The highest BCUT2D eigenvalue weighted by molar-refractivity contribution is 9.21. The molecule has 0 saturated carbocycles. The molecule has 0 aromatic rings. The molecule has 0 aromatic carbocycles. The zero-order chi connectivity index (χ0) is 9.84. The molecule has 7 heteroatoms. The van der Waals surface area contributed by atoms with Crippen LogP contribution in [0, 0.1) is 0 Å². The van der Waals surface area contributed by atoms with Gasteiger partial charge in [0.05, 0.1) is 6.54 Å². The first-order valence-corrected chi connectivity index (χ1v) is 5.37. The third-order valence-electron chi connectivity index (χ3n) is 1.25. The number of hydrogen-bond acceptors (Lipinski definition) is 4. The zero-order valence-electron chi connectivity index (χ0n) is 6.44. The molecular formula is C6H7BrN2O3S. The van der Waals surface area contributed by atoms with Gasteiger partial charge >= 0.3 is 5.97 Å². The summed E-state index contributed by atoms with van der Waals surface area (Å²) >= 11 is 3.01. The maximum absolute atomic E-state index is 11.0. The van der Waals surface area contributed by atoms with Gasteiger partial charge in [-0.15, -0.1) is 0 Å². The minimum atomic E-state index is -1.22. The first-order chi connectivity index (χ1) is 6.09. The summed E-state index contributed by atoms with van der Waals surface area (Å²) in [5.74, 6) is -0.952. The van der Waals surface area contributed by atoms with Crippen LogP contribution in [0.2, 0.25) is 0 Å². The van der Waals surface area contributed by atoms with Crippen molar-refractivity contribution in [2.24, 2.45) is 4.99 Å². The van der Waals surface area contributed by atoms with Gasteiger partial charge in [0.2, 0.25) is 0 Å². The van der Waals surface area contributed by atoms with E-state index in [4.69, 9.17) is 5.11 Å². The molecule has 0 amide bonds. The van der Waals surface area contributed by atoms with Crippen molar-refractivity contribution >= 4 is 36.7 Å². The fourth-order valence-corrected chi connectivity index (χ4v) is 1.88. The highest BCUT2D eigenvalue weighted by Gasteiger charge is 2.13. The Balaban J connectivity index is 2.50. The number of carboxylic acids is 1. The maximum Gasteiger partial charge on any atom is 0.317 e. The first-order valence-electron chi connectivity index (χ1n) is 3.37. The molecule has 0 aliphatic carbocycles. The molecule has 0 fully saturated rings. The molecule has 0 bridgehead atoms. The van der Waals surface area contributed by atoms with Gasteiger partial charge in [0.15, 0.2) is 3.95 Å². The second kappa shape index (κ2) is 4.64. The van der Waals surface area contributed by atoms with Crippen LogP contribution in [0.3, 0.4) is 0 Å². The number of carbonyl (C=O) groups is 1. The van der Waals surface area contributed by atoms with Crippen LogP contribution in [0.1, 0.15) is 0 Å². The largest absolute Gasteiger partial charge is 0.480 e. The number of aliphatic imine (C=N–C) groups is 1. The lowest BCUT2D eigenvalue weighted by Crippen LogP contribution is -2.32. The van der Waals surface area contributed by atoms with Crippen LogP contribution in [0.25, 0.3) is 0 Å². The van der Waals surface area contributed by atoms with Crippen LogP contribution >= 0.6 is 15.9 Å².